The van der Waals surface area contributed by atoms with E-state index in [-0.39, 0.29) is 30.4 Å². The molecule has 0 fully saturated rings. The van der Waals surface area contributed by atoms with Crippen LogP contribution >= 0.6 is 0 Å². The number of carbonyl (C=O) groups is 1. The smallest absolute Gasteiger partial charge is 0.269 e. The summed E-state index contributed by atoms with van der Waals surface area (Å²) < 4.78 is 14.5. The van der Waals surface area contributed by atoms with Gasteiger partial charge in [-0.1, -0.05) is 24.3 Å². The molecule has 5 nitrogen and oxygen atoms in total. The number of hydrogen-bond donors (Lipinski definition) is 1. The minimum Gasteiger partial charge on any atom is -0.350 e. The Kier molecular flexibility index (Phi) is 4.14. The molecular weight excluding hydrogens is 297 g/mol. The lowest BCUT2D eigenvalue weighted by atomic mass is 10.2. The zero-order valence-electron chi connectivity index (χ0n) is 12.2. The number of rotatable bonds is 4. The van der Waals surface area contributed by atoms with E-state index in [1.165, 1.54) is 22.9 Å². The van der Waals surface area contributed by atoms with Gasteiger partial charge in [-0.05, 0) is 29.8 Å². The molecule has 2 aromatic carbocycles. The highest BCUT2D eigenvalue weighted by Gasteiger charge is 2.08. The van der Waals surface area contributed by atoms with E-state index in [1.807, 2.05) is 6.07 Å². The molecule has 1 aromatic heterocycles. The summed E-state index contributed by atoms with van der Waals surface area (Å²) >= 11 is 0. The third-order valence-corrected chi connectivity index (χ3v) is 3.43. The number of nitrogens with zero attached hydrogens (tertiary/aromatic N) is 2. The predicted octanol–water partition coefficient (Wildman–Crippen LogP) is 1.85. The van der Waals surface area contributed by atoms with Crippen LogP contribution in [-0.2, 0) is 17.9 Å². The normalized spacial score (nSPS) is 10.7. The highest BCUT2D eigenvalue weighted by Crippen LogP contribution is 2.08. The van der Waals surface area contributed by atoms with Crippen LogP contribution in [-0.4, -0.2) is 15.5 Å². The van der Waals surface area contributed by atoms with Gasteiger partial charge in [-0.2, -0.15) is 0 Å². The van der Waals surface area contributed by atoms with Gasteiger partial charge < -0.3 is 5.32 Å². The second kappa shape index (κ2) is 6.39. The van der Waals surface area contributed by atoms with Crippen LogP contribution in [0.2, 0.25) is 0 Å². The van der Waals surface area contributed by atoms with Crippen LogP contribution in [0, 0.1) is 5.82 Å². The summed E-state index contributed by atoms with van der Waals surface area (Å²) in [5, 5.41) is 2.68. The lowest BCUT2D eigenvalue weighted by Crippen LogP contribution is -2.32. The Balaban J connectivity index is 1.76. The number of para-hydroxylation sites is 2. The molecule has 0 radical (unpaired) electrons. The monoisotopic (exact) mass is 311 g/mol. The molecule has 3 rings (SSSR count). The largest absolute Gasteiger partial charge is 0.350 e. The van der Waals surface area contributed by atoms with Crippen LogP contribution in [0.15, 0.2) is 59.5 Å². The molecule has 0 bridgehead atoms. The van der Waals surface area contributed by atoms with Gasteiger partial charge in [0.25, 0.3) is 5.56 Å². The summed E-state index contributed by atoms with van der Waals surface area (Å²) in [7, 11) is 0. The van der Waals surface area contributed by atoms with E-state index in [9.17, 15) is 14.0 Å². The Bertz CT molecular complexity index is 921. The molecule has 0 spiro atoms. The molecule has 0 saturated carbocycles. The fourth-order valence-corrected chi connectivity index (χ4v) is 2.32. The van der Waals surface area contributed by atoms with Crippen LogP contribution in [0.4, 0.5) is 4.39 Å². The maximum Gasteiger partial charge on any atom is 0.269 e. The SMILES string of the molecule is O=C(Cn1c(=O)cnc2ccccc21)NCc1cccc(F)c1. The number of aromatic nitrogens is 2. The van der Waals surface area contributed by atoms with E-state index in [2.05, 4.69) is 10.3 Å². The molecule has 1 amide bonds. The first-order valence-electron chi connectivity index (χ1n) is 7.09. The maximum atomic E-state index is 13.1. The van der Waals surface area contributed by atoms with E-state index < -0.39 is 0 Å². The summed E-state index contributed by atoms with van der Waals surface area (Å²) in [5.74, 6) is -0.680. The quantitative estimate of drug-likeness (QED) is 0.800. The van der Waals surface area contributed by atoms with Crippen molar-refractivity contribution in [1.29, 1.82) is 0 Å². The highest BCUT2D eigenvalue weighted by atomic mass is 19.1. The molecule has 3 aromatic rings. The van der Waals surface area contributed by atoms with Crippen molar-refractivity contribution in [1.82, 2.24) is 14.9 Å². The third-order valence-electron chi connectivity index (χ3n) is 3.43. The highest BCUT2D eigenvalue weighted by molar-refractivity contribution is 5.79. The lowest BCUT2D eigenvalue weighted by molar-refractivity contribution is -0.121. The molecule has 0 saturated heterocycles. The zero-order valence-corrected chi connectivity index (χ0v) is 12.2. The van der Waals surface area contributed by atoms with E-state index in [0.29, 0.717) is 16.6 Å². The molecule has 6 heteroatoms. The Morgan fingerprint density at radius 3 is 2.83 bits per heavy atom. The lowest BCUT2D eigenvalue weighted by Gasteiger charge is -2.10. The molecule has 0 aliphatic carbocycles. The van der Waals surface area contributed by atoms with E-state index in [4.69, 9.17) is 0 Å². The Hall–Kier alpha value is -3.02. The van der Waals surface area contributed by atoms with E-state index in [1.54, 1.807) is 30.3 Å². The first kappa shape index (κ1) is 14.9. The van der Waals surface area contributed by atoms with Gasteiger partial charge in [-0.25, -0.2) is 9.37 Å². The van der Waals surface area contributed by atoms with Crippen LogP contribution in [0.5, 0.6) is 0 Å². The number of benzene rings is 2. The first-order chi connectivity index (χ1) is 11.1. The second-order valence-corrected chi connectivity index (χ2v) is 5.08. The summed E-state index contributed by atoms with van der Waals surface area (Å²) in [6.45, 7) is 0.0888. The summed E-state index contributed by atoms with van der Waals surface area (Å²) in [6.07, 6.45) is 1.20. The Labute approximate surface area is 131 Å². The molecule has 0 aliphatic rings. The first-order valence-corrected chi connectivity index (χ1v) is 7.09. The molecule has 0 aliphatic heterocycles. The molecule has 116 valence electrons. The van der Waals surface area contributed by atoms with Gasteiger partial charge in [0.15, 0.2) is 0 Å². The summed E-state index contributed by atoms with van der Waals surface area (Å²) in [6, 6.07) is 13.1. The van der Waals surface area contributed by atoms with Crippen LogP contribution < -0.4 is 10.9 Å². The van der Waals surface area contributed by atoms with Crippen molar-refractivity contribution < 1.29 is 9.18 Å². The predicted molar refractivity (Wildman–Crippen MR) is 84.2 cm³/mol. The molecule has 23 heavy (non-hydrogen) atoms. The fourth-order valence-electron chi connectivity index (χ4n) is 2.32. The van der Waals surface area contributed by atoms with Gasteiger partial charge in [-0.15, -0.1) is 0 Å². The van der Waals surface area contributed by atoms with Crippen molar-refractivity contribution >= 4 is 16.9 Å². The number of hydrogen-bond acceptors (Lipinski definition) is 3. The topological polar surface area (TPSA) is 64.0 Å². The number of amides is 1. The van der Waals surface area contributed by atoms with Gasteiger partial charge in [0.1, 0.15) is 12.4 Å². The summed E-state index contributed by atoms with van der Waals surface area (Å²) in [4.78, 5) is 28.1. The average Bonchev–Trinajstić information content (AvgIpc) is 2.56. The molecule has 1 heterocycles. The Morgan fingerprint density at radius 1 is 1.17 bits per heavy atom. The van der Waals surface area contributed by atoms with E-state index in [0.717, 1.165) is 0 Å². The van der Waals surface area contributed by atoms with Crippen molar-refractivity contribution in [2.24, 2.45) is 0 Å². The standard InChI is InChI=1S/C17H14FN3O2/c18-13-5-3-4-12(8-13)9-20-16(22)11-21-15-7-2-1-6-14(15)19-10-17(21)23/h1-8,10H,9,11H2,(H,20,22). The third kappa shape index (κ3) is 3.42. The van der Waals surface area contributed by atoms with Gasteiger partial charge in [-0.3, -0.25) is 14.2 Å². The van der Waals surface area contributed by atoms with Gasteiger partial charge in [0.2, 0.25) is 5.91 Å². The zero-order chi connectivity index (χ0) is 16.2. The minimum atomic E-state index is -0.354. The van der Waals surface area contributed by atoms with Crippen LogP contribution in [0.25, 0.3) is 11.0 Å². The molecular formula is C17H14FN3O2. The van der Waals surface area contributed by atoms with Crippen LogP contribution in [0.3, 0.4) is 0 Å². The summed E-state index contributed by atoms with van der Waals surface area (Å²) in [5.41, 5.74) is 1.56. The molecule has 1 N–H and O–H groups in total. The van der Waals surface area contributed by atoms with Crippen molar-refractivity contribution in [2.45, 2.75) is 13.1 Å². The van der Waals surface area contributed by atoms with E-state index >= 15 is 0 Å². The second-order valence-electron chi connectivity index (χ2n) is 5.08. The maximum absolute atomic E-state index is 13.1. The van der Waals surface area contributed by atoms with Crippen molar-refractivity contribution in [3.8, 4) is 0 Å². The van der Waals surface area contributed by atoms with Crippen LogP contribution in [0.1, 0.15) is 5.56 Å². The molecule has 0 unspecified atom stereocenters. The van der Waals surface area contributed by atoms with Crippen molar-refractivity contribution in [3.05, 3.63) is 76.5 Å². The van der Waals surface area contributed by atoms with Gasteiger partial charge in [0, 0.05) is 6.54 Å². The Morgan fingerprint density at radius 2 is 2.00 bits per heavy atom. The fraction of sp³-hybridized carbons (Fsp3) is 0.118. The number of fused-ring (bicyclic) bond motifs is 1. The average molecular weight is 311 g/mol. The van der Waals surface area contributed by atoms with Gasteiger partial charge in [0.05, 0.1) is 17.2 Å². The molecule has 0 atom stereocenters. The number of halogens is 1. The van der Waals surface area contributed by atoms with Gasteiger partial charge >= 0.3 is 0 Å². The number of nitrogens with one attached hydrogen (secondary N) is 1. The number of carbonyl (C=O) groups excluding carboxylic acids is 1. The van der Waals surface area contributed by atoms with Crippen molar-refractivity contribution in [2.75, 3.05) is 0 Å². The van der Waals surface area contributed by atoms with Crippen molar-refractivity contribution in [3.63, 3.8) is 0 Å². The minimum absolute atomic E-state index is 0.114.